The minimum atomic E-state index is -3.28. The number of sulfone groups is 1. The van der Waals surface area contributed by atoms with Crippen LogP contribution in [0.25, 0.3) is 23.3 Å². The molecule has 0 fully saturated rings. The molecule has 0 radical (unpaired) electrons. The average molecular weight is 373 g/mol. The van der Waals surface area contributed by atoms with E-state index in [1.165, 1.54) is 12.1 Å². The molecule has 0 N–H and O–H groups in total. The predicted molar refractivity (Wildman–Crippen MR) is 100 cm³/mol. The van der Waals surface area contributed by atoms with Gasteiger partial charge in [0.15, 0.2) is 15.4 Å². The van der Waals surface area contributed by atoms with Gasteiger partial charge in [0, 0.05) is 17.7 Å². The summed E-state index contributed by atoms with van der Waals surface area (Å²) >= 11 is 0. The molecular weight excluding hydrogens is 354 g/mol. The third-order valence-corrected chi connectivity index (χ3v) is 5.69. The molecule has 2 aromatic carbocycles. The van der Waals surface area contributed by atoms with Gasteiger partial charge in [-0.1, -0.05) is 6.92 Å². The second-order valence-corrected chi connectivity index (χ2v) is 7.80. The molecular formula is C19H19NO5S. The Morgan fingerprint density at radius 3 is 2.58 bits per heavy atom. The highest BCUT2D eigenvalue weighted by atomic mass is 32.2. The standard InChI is InChI=1S/C19H19NO5S/c1-4-26(21,22)15-8-9-17-16(12-15)20-19(25-17)10-6-13-5-7-14(23-2)11-18(13)24-3/h5-12H,4H2,1-3H3/b10-6+. The number of methoxy groups -OCH3 is 2. The smallest absolute Gasteiger partial charge is 0.220 e. The van der Waals surface area contributed by atoms with Crippen molar-refractivity contribution in [2.45, 2.75) is 11.8 Å². The molecule has 0 amide bonds. The van der Waals surface area contributed by atoms with Crippen LogP contribution in [0, 0.1) is 0 Å². The van der Waals surface area contributed by atoms with Crippen LogP contribution in [0.2, 0.25) is 0 Å². The van der Waals surface area contributed by atoms with Gasteiger partial charge in [0.1, 0.15) is 17.0 Å². The zero-order valence-electron chi connectivity index (χ0n) is 14.7. The predicted octanol–water partition coefficient (Wildman–Crippen LogP) is 3.81. The SMILES string of the molecule is CCS(=O)(=O)c1ccc2oc(/C=C/c3ccc(OC)cc3OC)nc2c1. The van der Waals surface area contributed by atoms with Gasteiger partial charge in [-0.05, 0) is 36.4 Å². The molecule has 0 aliphatic carbocycles. The number of nitrogens with zero attached hydrogens (tertiary/aromatic N) is 1. The van der Waals surface area contributed by atoms with Crippen LogP contribution in [0.5, 0.6) is 11.5 Å². The van der Waals surface area contributed by atoms with Gasteiger partial charge in [-0.3, -0.25) is 0 Å². The van der Waals surface area contributed by atoms with Crippen LogP contribution in [0.3, 0.4) is 0 Å². The van der Waals surface area contributed by atoms with E-state index in [9.17, 15) is 8.42 Å². The lowest BCUT2D eigenvalue weighted by molar-refractivity contribution is 0.394. The maximum atomic E-state index is 12.0. The van der Waals surface area contributed by atoms with Crippen LogP contribution in [0.4, 0.5) is 0 Å². The van der Waals surface area contributed by atoms with Crippen molar-refractivity contribution in [1.29, 1.82) is 0 Å². The van der Waals surface area contributed by atoms with Crippen LogP contribution in [-0.4, -0.2) is 33.4 Å². The number of hydrogen-bond acceptors (Lipinski definition) is 6. The molecule has 3 rings (SSSR count). The van der Waals surface area contributed by atoms with E-state index in [0.29, 0.717) is 28.5 Å². The maximum Gasteiger partial charge on any atom is 0.220 e. The van der Waals surface area contributed by atoms with E-state index in [0.717, 1.165) is 5.56 Å². The number of fused-ring (bicyclic) bond motifs is 1. The molecule has 0 bridgehead atoms. The third kappa shape index (κ3) is 3.57. The highest BCUT2D eigenvalue weighted by Gasteiger charge is 2.14. The number of benzene rings is 2. The van der Waals surface area contributed by atoms with E-state index in [2.05, 4.69) is 4.98 Å². The number of hydrogen-bond donors (Lipinski definition) is 0. The van der Waals surface area contributed by atoms with Crippen molar-refractivity contribution in [2.75, 3.05) is 20.0 Å². The van der Waals surface area contributed by atoms with Crippen molar-refractivity contribution in [3.05, 3.63) is 47.9 Å². The Labute approximate surface area is 152 Å². The molecule has 0 spiro atoms. The van der Waals surface area contributed by atoms with Crippen molar-refractivity contribution >= 4 is 33.1 Å². The first-order valence-corrected chi connectivity index (χ1v) is 9.65. The van der Waals surface area contributed by atoms with Crippen LogP contribution < -0.4 is 9.47 Å². The fourth-order valence-corrected chi connectivity index (χ4v) is 3.37. The summed E-state index contributed by atoms with van der Waals surface area (Å²) in [5.41, 5.74) is 1.87. The molecule has 0 saturated carbocycles. The monoisotopic (exact) mass is 373 g/mol. The first-order chi connectivity index (χ1) is 12.5. The highest BCUT2D eigenvalue weighted by molar-refractivity contribution is 7.91. The number of oxazole rings is 1. The lowest BCUT2D eigenvalue weighted by Crippen LogP contribution is -2.03. The fraction of sp³-hybridized carbons (Fsp3) is 0.211. The minimum absolute atomic E-state index is 0.0420. The fourth-order valence-electron chi connectivity index (χ4n) is 2.47. The van der Waals surface area contributed by atoms with Gasteiger partial charge in [-0.25, -0.2) is 13.4 Å². The molecule has 0 saturated heterocycles. The Balaban J connectivity index is 1.93. The Bertz CT molecular complexity index is 1070. The summed E-state index contributed by atoms with van der Waals surface area (Å²) in [5.74, 6) is 1.78. The second-order valence-electron chi connectivity index (χ2n) is 5.53. The summed E-state index contributed by atoms with van der Waals surface area (Å²) in [4.78, 5) is 4.59. The highest BCUT2D eigenvalue weighted by Crippen LogP contribution is 2.27. The van der Waals surface area contributed by atoms with Gasteiger partial charge in [-0.2, -0.15) is 0 Å². The van der Waals surface area contributed by atoms with E-state index in [1.807, 2.05) is 18.2 Å². The topological polar surface area (TPSA) is 78.6 Å². The van der Waals surface area contributed by atoms with Gasteiger partial charge in [0.2, 0.25) is 5.89 Å². The third-order valence-electron chi connectivity index (χ3n) is 3.96. The summed E-state index contributed by atoms with van der Waals surface area (Å²) in [7, 11) is -0.102. The van der Waals surface area contributed by atoms with E-state index in [-0.39, 0.29) is 10.6 Å². The Morgan fingerprint density at radius 2 is 1.88 bits per heavy atom. The van der Waals surface area contributed by atoms with E-state index < -0.39 is 9.84 Å². The van der Waals surface area contributed by atoms with Gasteiger partial charge >= 0.3 is 0 Å². The summed E-state index contributed by atoms with van der Waals surface area (Å²) in [6.45, 7) is 1.61. The Hall–Kier alpha value is -2.80. The quantitative estimate of drug-likeness (QED) is 0.654. The van der Waals surface area contributed by atoms with Gasteiger partial charge < -0.3 is 13.9 Å². The van der Waals surface area contributed by atoms with Crippen molar-refractivity contribution in [2.24, 2.45) is 0 Å². The van der Waals surface area contributed by atoms with E-state index >= 15 is 0 Å². The molecule has 7 heteroatoms. The molecule has 6 nitrogen and oxygen atoms in total. The molecule has 0 unspecified atom stereocenters. The average Bonchev–Trinajstić information content (AvgIpc) is 3.08. The molecule has 1 aromatic heterocycles. The number of ether oxygens (including phenoxy) is 2. The summed E-state index contributed by atoms with van der Waals surface area (Å²) in [5, 5.41) is 0. The molecule has 3 aromatic rings. The number of rotatable bonds is 6. The molecule has 0 atom stereocenters. The molecule has 0 aliphatic heterocycles. The first kappa shape index (κ1) is 18.0. The molecule has 1 heterocycles. The second kappa shape index (κ2) is 7.21. The lowest BCUT2D eigenvalue weighted by atomic mass is 10.1. The van der Waals surface area contributed by atoms with Crippen molar-refractivity contribution in [3.63, 3.8) is 0 Å². The van der Waals surface area contributed by atoms with E-state index in [4.69, 9.17) is 13.9 Å². The van der Waals surface area contributed by atoms with Crippen molar-refractivity contribution in [1.82, 2.24) is 4.98 Å². The molecule has 136 valence electrons. The van der Waals surface area contributed by atoms with Gasteiger partial charge in [0.05, 0.1) is 24.9 Å². The molecule has 0 aliphatic rings. The largest absolute Gasteiger partial charge is 0.497 e. The minimum Gasteiger partial charge on any atom is -0.497 e. The number of aromatic nitrogens is 1. The summed E-state index contributed by atoms with van der Waals surface area (Å²) in [6, 6.07) is 10.2. The summed E-state index contributed by atoms with van der Waals surface area (Å²) < 4.78 is 40.2. The Kier molecular flexibility index (Phi) is 4.99. The first-order valence-electron chi connectivity index (χ1n) is 8.00. The van der Waals surface area contributed by atoms with E-state index in [1.54, 1.807) is 39.4 Å². The lowest BCUT2D eigenvalue weighted by Gasteiger charge is -2.06. The van der Waals surface area contributed by atoms with Crippen molar-refractivity contribution in [3.8, 4) is 11.5 Å². The van der Waals surface area contributed by atoms with Gasteiger partial charge in [0.25, 0.3) is 0 Å². The zero-order valence-corrected chi connectivity index (χ0v) is 15.5. The van der Waals surface area contributed by atoms with Crippen LogP contribution >= 0.6 is 0 Å². The van der Waals surface area contributed by atoms with Crippen LogP contribution in [0.1, 0.15) is 18.4 Å². The molecule has 26 heavy (non-hydrogen) atoms. The van der Waals surface area contributed by atoms with Crippen LogP contribution in [-0.2, 0) is 9.84 Å². The zero-order chi connectivity index (χ0) is 18.7. The van der Waals surface area contributed by atoms with Crippen molar-refractivity contribution < 1.29 is 22.3 Å². The normalized spacial score (nSPS) is 12.0. The van der Waals surface area contributed by atoms with Gasteiger partial charge in [-0.15, -0.1) is 0 Å². The van der Waals surface area contributed by atoms with Crippen LogP contribution in [0.15, 0.2) is 45.7 Å². The Morgan fingerprint density at radius 1 is 1.08 bits per heavy atom. The maximum absolute atomic E-state index is 12.0. The summed E-state index contributed by atoms with van der Waals surface area (Å²) in [6.07, 6.45) is 3.52.